The summed E-state index contributed by atoms with van der Waals surface area (Å²) >= 11 is -2.73. The third kappa shape index (κ3) is 8.41. The number of aromatic hydroxyl groups is 1. The van der Waals surface area contributed by atoms with E-state index in [-0.39, 0.29) is 17.4 Å². The van der Waals surface area contributed by atoms with Crippen LogP contribution in [0.25, 0.3) is 0 Å². The van der Waals surface area contributed by atoms with Crippen molar-refractivity contribution in [3.8, 4) is 5.75 Å². The van der Waals surface area contributed by atoms with Crippen LogP contribution in [0.1, 0.15) is 58.4 Å². The molecule has 164 valence electrons. The van der Waals surface area contributed by atoms with Gasteiger partial charge in [-0.05, 0) is 57.7 Å². The predicted octanol–water partition coefficient (Wildman–Crippen LogP) is 2.56. The van der Waals surface area contributed by atoms with Gasteiger partial charge in [0, 0.05) is 11.3 Å². The van der Waals surface area contributed by atoms with Gasteiger partial charge in [0.25, 0.3) is 0 Å². The SMILES string of the molecule is CCOC(=O)C(C)(C)CCCCCCc1ccc(O)c(N(CC(N)=O)S(=O)[O-])c1. The maximum atomic E-state index is 11.9. The van der Waals surface area contributed by atoms with E-state index in [0.29, 0.717) is 13.0 Å². The lowest BCUT2D eigenvalue weighted by Crippen LogP contribution is -2.35. The van der Waals surface area contributed by atoms with Crippen LogP contribution < -0.4 is 10.0 Å². The quantitative estimate of drug-likeness (QED) is 0.282. The van der Waals surface area contributed by atoms with Gasteiger partial charge in [-0.1, -0.05) is 25.3 Å². The summed E-state index contributed by atoms with van der Waals surface area (Å²) in [4.78, 5) is 23.0. The van der Waals surface area contributed by atoms with Crippen molar-refractivity contribution in [3.63, 3.8) is 0 Å². The zero-order chi connectivity index (χ0) is 22.0. The third-order valence-corrected chi connectivity index (χ3v) is 5.32. The molecule has 0 saturated carbocycles. The number of hydrogen-bond donors (Lipinski definition) is 2. The molecule has 1 aromatic rings. The molecule has 0 fully saturated rings. The highest BCUT2D eigenvalue weighted by atomic mass is 32.2. The molecule has 0 radical (unpaired) electrons. The molecule has 1 aromatic carbocycles. The molecule has 0 bridgehead atoms. The van der Waals surface area contributed by atoms with Crippen LogP contribution in [-0.4, -0.2) is 38.9 Å². The summed E-state index contributed by atoms with van der Waals surface area (Å²) in [5.41, 5.74) is 5.48. The number of amides is 1. The fraction of sp³-hybridized carbons (Fsp3) is 0.600. The Morgan fingerprint density at radius 1 is 1.24 bits per heavy atom. The highest BCUT2D eigenvalue weighted by molar-refractivity contribution is 7.80. The zero-order valence-electron chi connectivity index (χ0n) is 17.3. The number of ether oxygens (including phenoxy) is 1. The maximum Gasteiger partial charge on any atom is 0.311 e. The zero-order valence-corrected chi connectivity index (χ0v) is 18.1. The van der Waals surface area contributed by atoms with Crippen molar-refractivity contribution in [2.75, 3.05) is 17.5 Å². The molecule has 1 atom stereocenters. The first-order valence-electron chi connectivity index (χ1n) is 9.72. The van der Waals surface area contributed by atoms with Crippen molar-refractivity contribution in [1.29, 1.82) is 0 Å². The van der Waals surface area contributed by atoms with E-state index in [1.54, 1.807) is 19.1 Å². The van der Waals surface area contributed by atoms with E-state index < -0.39 is 29.1 Å². The number of hydrogen-bond acceptors (Lipinski definition) is 6. The minimum absolute atomic E-state index is 0.0332. The van der Waals surface area contributed by atoms with E-state index in [9.17, 15) is 23.5 Å². The Morgan fingerprint density at radius 3 is 2.48 bits per heavy atom. The summed E-state index contributed by atoms with van der Waals surface area (Å²) in [5, 5.41) is 9.96. The standard InChI is InChI=1S/C20H32N2O6S/c1-4-28-19(25)20(2,3)12-8-6-5-7-9-15-10-11-17(23)16(13-15)22(29(26)27)14-18(21)24/h10-11,13,23H,4-9,12,14H2,1-3H3,(H2,21,24)(H,26,27)/p-1. The minimum atomic E-state index is -2.73. The van der Waals surface area contributed by atoms with Crippen molar-refractivity contribution in [1.82, 2.24) is 0 Å². The predicted molar refractivity (Wildman–Crippen MR) is 111 cm³/mol. The number of rotatable bonds is 13. The monoisotopic (exact) mass is 427 g/mol. The highest BCUT2D eigenvalue weighted by Gasteiger charge is 2.28. The Bertz CT molecular complexity index is 723. The number of benzene rings is 1. The number of primary amides is 1. The maximum absolute atomic E-state index is 11.9. The van der Waals surface area contributed by atoms with Crippen LogP contribution in [0.4, 0.5) is 5.69 Å². The number of carbonyl (C=O) groups is 2. The van der Waals surface area contributed by atoms with Gasteiger partial charge in [0.1, 0.15) is 12.3 Å². The molecule has 0 aromatic heterocycles. The van der Waals surface area contributed by atoms with E-state index in [1.807, 2.05) is 13.8 Å². The van der Waals surface area contributed by atoms with Gasteiger partial charge >= 0.3 is 5.97 Å². The second-order valence-electron chi connectivity index (χ2n) is 7.56. The van der Waals surface area contributed by atoms with Gasteiger partial charge in [0.2, 0.25) is 5.91 Å². The van der Waals surface area contributed by atoms with Crippen LogP contribution in [0, 0.1) is 5.41 Å². The molecule has 0 aliphatic carbocycles. The van der Waals surface area contributed by atoms with E-state index in [2.05, 4.69) is 0 Å². The molecule has 9 heteroatoms. The molecule has 29 heavy (non-hydrogen) atoms. The number of carbonyl (C=O) groups excluding carboxylic acids is 2. The summed E-state index contributed by atoms with van der Waals surface area (Å²) in [6.45, 7) is 5.42. The van der Waals surface area contributed by atoms with Crippen LogP contribution in [0.2, 0.25) is 0 Å². The number of nitrogens with two attached hydrogens (primary N) is 1. The lowest BCUT2D eigenvalue weighted by atomic mass is 9.87. The molecule has 1 unspecified atom stereocenters. The van der Waals surface area contributed by atoms with Crippen molar-refractivity contribution in [2.24, 2.45) is 11.1 Å². The van der Waals surface area contributed by atoms with E-state index in [4.69, 9.17) is 10.5 Å². The molecule has 0 heterocycles. The van der Waals surface area contributed by atoms with Gasteiger partial charge in [-0.25, -0.2) is 0 Å². The molecular weight excluding hydrogens is 396 g/mol. The Morgan fingerprint density at radius 2 is 1.90 bits per heavy atom. The van der Waals surface area contributed by atoms with Gasteiger partial charge in [-0.15, -0.1) is 0 Å². The lowest BCUT2D eigenvalue weighted by molar-refractivity contribution is -0.153. The van der Waals surface area contributed by atoms with E-state index >= 15 is 0 Å². The van der Waals surface area contributed by atoms with Gasteiger partial charge < -0.3 is 20.1 Å². The summed E-state index contributed by atoms with van der Waals surface area (Å²) in [5.74, 6) is -1.22. The van der Waals surface area contributed by atoms with Gasteiger partial charge in [0.15, 0.2) is 0 Å². The first-order chi connectivity index (χ1) is 13.6. The van der Waals surface area contributed by atoms with E-state index in [0.717, 1.165) is 42.0 Å². The number of nitrogens with zero attached hydrogens (tertiary/aromatic N) is 1. The molecule has 0 aliphatic rings. The third-order valence-electron chi connectivity index (χ3n) is 4.63. The fourth-order valence-electron chi connectivity index (χ4n) is 2.96. The molecule has 0 saturated heterocycles. The normalized spacial score (nSPS) is 12.4. The number of phenolic OH excluding ortho intramolecular Hbond substituents is 1. The van der Waals surface area contributed by atoms with E-state index in [1.165, 1.54) is 6.07 Å². The van der Waals surface area contributed by atoms with Crippen LogP contribution in [0.15, 0.2) is 18.2 Å². The van der Waals surface area contributed by atoms with Crippen LogP contribution >= 0.6 is 0 Å². The number of aryl methyl sites for hydroxylation is 1. The first kappa shape index (κ1) is 24.9. The number of esters is 1. The first-order valence-corrected chi connectivity index (χ1v) is 10.8. The van der Waals surface area contributed by atoms with Crippen molar-refractivity contribution < 1.29 is 28.2 Å². The van der Waals surface area contributed by atoms with Gasteiger partial charge in [-0.3, -0.25) is 18.1 Å². The molecule has 1 amide bonds. The number of phenols is 1. The van der Waals surface area contributed by atoms with Crippen molar-refractivity contribution in [2.45, 2.75) is 59.3 Å². The van der Waals surface area contributed by atoms with Crippen molar-refractivity contribution >= 4 is 28.8 Å². The Hall–Kier alpha value is -2.13. The Kier molecular flexibility index (Phi) is 10.1. The second-order valence-corrected chi connectivity index (χ2v) is 8.44. The highest BCUT2D eigenvalue weighted by Crippen LogP contribution is 2.30. The smallest absolute Gasteiger partial charge is 0.311 e. The molecule has 0 spiro atoms. The topological polar surface area (TPSA) is 133 Å². The number of unbranched alkanes of at least 4 members (excludes halogenated alkanes) is 3. The summed E-state index contributed by atoms with van der Waals surface area (Å²) in [6.07, 6.45) is 5.16. The number of anilines is 1. The average molecular weight is 428 g/mol. The van der Waals surface area contributed by atoms with Gasteiger partial charge in [-0.2, -0.15) is 0 Å². The van der Waals surface area contributed by atoms with Crippen molar-refractivity contribution in [3.05, 3.63) is 23.8 Å². The molecule has 1 rings (SSSR count). The summed E-state index contributed by atoms with van der Waals surface area (Å²) in [6, 6.07) is 4.68. The Labute approximate surface area is 174 Å². The molecule has 3 N–H and O–H groups in total. The van der Waals surface area contributed by atoms with Crippen LogP contribution in [0.3, 0.4) is 0 Å². The average Bonchev–Trinajstić information content (AvgIpc) is 2.63. The van der Waals surface area contributed by atoms with Crippen LogP contribution in [0.5, 0.6) is 5.75 Å². The molecular formula is C20H31N2O6S-. The summed E-state index contributed by atoms with van der Waals surface area (Å²) in [7, 11) is 0. The largest absolute Gasteiger partial charge is 0.755 e. The van der Waals surface area contributed by atoms with Crippen LogP contribution in [-0.2, 0) is 32.0 Å². The summed E-state index contributed by atoms with van der Waals surface area (Å²) < 4.78 is 28.6. The Balaban J connectivity index is 2.54. The molecule has 8 nitrogen and oxygen atoms in total. The second kappa shape index (κ2) is 11.8. The minimum Gasteiger partial charge on any atom is -0.755 e. The lowest BCUT2D eigenvalue weighted by Gasteiger charge is -2.26. The van der Waals surface area contributed by atoms with Gasteiger partial charge in [0.05, 0.1) is 17.7 Å². The molecule has 0 aliphatic heterocycles. The fourth-order valence-corrected chi connectivity index (χ4v) is 3.50.